The summed E-state index contributed by atoms with van der Waals surface area (Å²) >= 11 is 0. The van der Waals surface area contributed by atoms with Crippen LogP contribution in [0.5, 0.6) is 0 Å². The quantitative estimate of drug-likeness (QED) is 0.793. The van der Waals surface area contributed by atoms with Crippen molar-refractivity contribution >= 4 is 22.7 Å². The molecule has 1 aliphatic heterocycles. The molecule has 2 aromatic carbocycles. The van der Waals surface area contributed by atoms with Crippen LogP contribution in [0, 0.1) is 0 Å². The van der Waals surface area contributed by atoms with Gasteiger partial charge in [-0.15, -0.1) is 0 Å². The number of ether oxygens (including phenoxy) is 1. The lowest BCUT2D eigenvalue weighted by Gasteiger charge is -2.25. The molecule has 0 radical (unpaired) electrons. The van der Waals surface area contributed by atoms with Crippen molar-refractivity contribution in [1.29, 1.82) is 0 Å². The van der Waals surface area contributed by atoms with E-state index in [9.17, 15) is 4.79 Å². The number of nitrogens with zero attached hydrogens (tertiary/aromatic N) is 2. The fourth-order valence-electron chi connectivity index (χ4n) is 2.85. The second-order valence-electron chi connectivity index (χ2n) is 6.00. The van der Waals surface area contributed by atoms with E-state index in [0.717, 1.165) is 35.4 Å². The summed E-state index contributed by atoms with van der Waals surface area (Å²) in [5.41, 5.74) is 3.24. The molecular formula is C19H19N3O3. The minimum absolute atomic E-state index is 0.0171. The maximum atomic E-state index is 12.1. The van der Waals surface area contributed by atoms with Crippen LogP contribution in [-0.4, -0.2) is 48.6 Å². The SMILES string of the molecule is O=C(CN1CCOCC1)Nc1ccc(-c2nc3ccccc3o2)cc1. The van der Waals surface area contributed by atoms with Crippen molar-refractivity contribution in [2.24, 2.45) is 0 Å². The standard InChI is InChI=1S/C19H19N3O3/c23-18(13-22-9-11-24-12-10-22)20-15-7-5-14(6-8-15)19-21-16-3-1-2-4-17(16)25-19/h1-8H,9-13H2,(H,20,23). The highest BCUT2D eigenvalue weighted by Gasteiger charge is 2.14. The molecule has 0 spiro atoms. The molecule has 6 heteroatoms. The summed E-state index contributed by atoms with van der Waals surface area (Å²) in [5, 5.41) is 2.92. The van der Waals surface area contributed by atoms with Crippen molar-refractivity contribution in [3.8, 4) is 11.5 Å². The Morgan fingerprint density at radius 3 is 2.60 bits per heavy atom. The highest BCUT2D eigenvalue weighted by molar-refractivity contribution is 5.92. The molecule has 1 aromatic heterocycles. The fraction of sp³-hybridized carbons (Fsp3) is 0.263. The largest absolute Gasteiger partial charge is 0.436 e. The first-order chi connectivity index (χ1) is 12.3. The minimum Gasteiger partial charge on any atom is -0.436 e. The molecule has 1 fully saturated rings. The second-order valence-corrected chi connectivity index (χ2v) is 6.00. The van der Waals surface area contributed by atoms with E-state index in [1.165, 1.54) is 0 Å². The molecule has 1 aliphatic rings. The number of para-hydroxylation sites is 2. The molecule has 1 N–H and O–H groups in total. The zero-order valence-electron chi connectivity index (χ0n) is 13.8. The molecule has 0 atom stereocenters. The lowest BCUT2D eigenvalue weighted by atomic mass is 10.2. The van der Waals surface area contributed by atoms with Crippen molar-refractivity contribution in [1.82, 2.24) is 9.88 Å². The van der Waals surface area contributed by atoms with Gasteiger partial charge in [0.1, 0.15) is 5.52 Å². The number of hydrogen-bond acceptors (Lipinski definition) is 5. The van der Waals surface area contributed by atoms with Crippen LogP contribution in [-0.2, 0) is 9.53 Å². The van der Waals surface area contributed by atoms with E-state index in [0.29, 0.717) is 25.6 Å². The molecule has 1 amide bonds. The van der Waals surface area contributed by atoms with Gasteiger partial charge in [0.2, 0.25) is 11.8 Å². The Morgan fingerprint density at radius 1 is 1.08 bits per heavy atom. The lowest BCUT2D eigenvalue weighted by molar-refractivity contribution is -0.118. The molecule has 0 aliphatic carbocycles. The van der Waals surface area contributed by atoms with Crippen molar-refractivity contribution in [3.05, 3.63) is 48.5 Å². The van der Waals surface area contributed by atoms with Crippen LogP contribution in [0.15, 0.2) is 52.9 Å². The van der Waals surface area contributed by atoms with Gasteiger partial charge in [0.05, 0.1) is 19.8 Å². The van der Waals surface area contributed by atoms with E-state index in [1.54, 1.807) is 0 Å². The third-order valence-electron chi connectivity index (χ3n) is 4.18. The molecule has 0 saturated carbocycles. The van der Waals surface area contributed by atoms with Crippen LogP contribution in [0.25, 0.3) is 22.6 Å². The van der Waals surface area contributed by atoms with Crippen molar-refractivity contribution < 1.29 is 13.9 Å². The van der Waals surface area contributed by atoms with Gasteiger partial charge in [-0.2, -0.15) is 0 Å². The zero-order chi connectivity index (χ0) is 17.1. The van der Waals surface area contributed by atoms with Crippen molar-refractivity contribution in [3.63, 3.8) is 0 Å². The molecule has 2 heterocycles. The van der Waals surface area contributed by atoms with E-state index in [-0.39, 0.29) is 5.91 Å². The Morgan fingerprint density at radius 2 is 1.84 bits per heavy atom. The molecule has 128 valence electrons. The Bertz CT molecular complexity index is 834. The Labute approximate surface area is 145 Å². The molecule has 25 heavy (non-hydrogen) atoms. The number of carbonyl (C=O) groups excluding carboxylic acids is 1. The van der Waals surface area contributed by atoms with Crippen molar-refractivity contribution in [2.45, 2.75) is 0 Å². The van der Waals surface area contributed by atoms with Gasteiger partial charge >= 0.3 is 0 Å². The smallest absolute Gasteiger partial charge is 0.238 e. The van der Waals surface area contributed by atoms with Gasteiger partial charge in [-0.05, 0) is 36.4 Å². The number of amides is 1. The van der Waals surface area contributed by atoms with Gasteiger partial charge in [0.15, 0.2) is 5.58 Å². The molecule has 6 nitrogen and oxygen atoms in total. The number of carbonyl (C=O) groups is 1. The van der Waals surface area contributed by atoms with Crippen LogP contribution in [0.4, 0.5) is 5.69 Å². The Hall–Kier alpha value is -2.70. The molecule has 4 rings (SSSR count). The summed E-state index contributed by atoms with van der Waals surface area (Å²) in [6, 6.07) is 15.2. The first kappa shape index (κ1) is 15.8. The van der Waals surface area contributed by atoms with Crippen molar-refractivity contribution in [2.75, 3.05) is 38.2 Å². The number of oxazole rings is 1. The van der Waals surface area contributed by atoms with E-state index in [2.05, 4.69) is 15.2 Å². The summed E-state index contributed by atoms with van der Waals surface area (Å²) in [7, 11) is 0. The van der Waals surface area contributed by atoms with Gasteiger partial charge in [-0.3, -0.25) is 9.69 Å². The number of aromatic nitrogens is 1. The van der Waals surface area contributed by atoms with E-state index in [4.69, 9.17) is 9.15 Å². The summed E-state index contributed by atoms with van der Waals surface area (Å²) in [4.78, 5) is 18.7. The highest BCUT2D eigenvalue weighted by Crippen LogP contribution is 2.25. The third-order valence-corrected chi connectivity index (χ3v) is 4.18. The predicted octanol–water partition coefficient (Wildman–Crippen LogP) is 2.77. The van der Waals surface area contributed by atoms with Crippen LogP contribution in [0.1, 0.15) is 0 Å². The number of fused-ring (bicyclic) bond motifs is 1. The number of anilines is 1. The zero-order valence-corrected chi connectivity index (χ0v) is 13.8. The number of rotatable bonds is 4. The molecule has 3 aromatic rings. The first-order valence-electron chi connectivity index (χ1n) is 8.34. The summed E-state index contributed by atoms with van der Waals surface area (Å²) in [6.45, 7) is 3.35. The van der Waals surface area contributed by atoms with Crippen LogP contribution in [0.3, 0.4) is 0 Å². The fourth-order valence-corrected chi connectivity index (χ4v) is 2.85. The minimum atomic E-state index is -0.0171. The van der Waals surface area contributed by atoms with E-state index < -0.39 is 0 Å². The summed E-state index contributed by atoms with van der Waals surface area (Å²) in [6.07, 6.45) is 0. The average Bonchev–Trinajstić information content (AvgIpc) is 3.07. The topological polar surface area (TPSA) is 67.6 Å². The van der Waals surface area contributed by atoms with Crippen LogP contribution in [0.2, 0.25) is 0 Å². The summed E-state index contributed by atoms with van der Waals surface area (Å²) in [5.74, 6) is 0.559. The van der Waals surface area contributed by atoms with Crippen LogP contribution >= 0.6 is 0 Å². The normalized spacial score (nSPS) is 15.4. The molecule has 0 bridgehead atoms. The van der Waals surface area contributed by atoms with Gasteiger partial charge in [0.25, 0.3) is 0 Å². The van der Waals surface area contributed by atoms with Gasteiger partial charge in [-0.1, -0.05) is 12.1 Å². The Kier molecular flexibility index (Phi) is 4.45. The average molecular weight is 337 g/mol. The predicted molar refractivity (Wildman–Crippen MR) is 95.3 cm³/mol. The van der Waals surface area contributed by atoms with E-state index in [1.807, 2.05) is 48.5 Å². The Balaban J connectivity index is 1.41. The third kappa shape index (κ3) is 3.70. The van der Waals surface area contributed by atoms with E-state index >= 15 is 0 Å². The van der Waals surface area contributed by atoms with Gasteiger partial charge < -0.3 is 14.5 Å². The number of nitrogens with one attached hydrogen (secondary N) is 1. The summed E-state index contributed by atoms with van der Waals surface area (Å²) < 4.78 is 11.0. The number of hydrogen-bond donors (Lipinski definition) is 1. The molecule has 0 unspecified atom stereocenters. The first-order valence-corrected chi connectivity index (χ1v) is 8.34. The van der Waals surface area contributed by atoms with Gasteiger partial charge in [-0.25, -0.2) is 4.98 Å². The maximum Gasteiger partial charge on any atom is 0.238 e. The second kappa shape index (κ2) is 7.04. The number of benzene rings is 2. The monoisotopic (exact) mass is 337 g/mol. The van der Waals surface area contributed by atoms with Gasteiger partial charge in [0, 0.05) is 24.3 Å². The molecule has 1 saturated heterocycles. The highest BCUT2D eigenvalue weighted by atomic mass is 16.5. The number of morpholine rings is 1. The van der Waals surface area contributed by atoms with Crippen LogP contribution < -0.4 is 5.32 Å². The maximum absolute atomic E-state index is 12.1. The lowest BCUT2D eigenvalue weighted by Crippen LogP contribution is -2.41. The molecular weight excluding hydrogens is 318 g/mol.